The Labute approximate surface area is 257 Å². The highest BCUT2D eigenvalue weighted by Crippen LogP contribution is 2.38. The van der Waals surface area contributed by atoms with Crippen molar-refractivity contribution in [1.82, 2.24) is 19.9 Å². The SMILES string of the molecule is COC(=O)CNc1cccc2c(Oc3ncccc3-c3ccnc(N[C@H]4CCCN(C(=O)OC(C)(C)C)C4)n3)c(C)ccc12. The maximum absolute atomic E-state index is 12.6. The number of ether oxygens (including phenoxy) is 3. The Kier molecular flexibility index (Phi) is 9.12. The number of amides is 1. The molecule has 5 rings (SSSR count). The van der Waals surface area contributed by atoms with Gasteiger partial charge in [0.2, 0.25) is 11.8 Å². The van der Waals surface area contributed by atoms with E-state index in [1.807, 2.05) is 76.2 Å². The number of hydrogen-bond donors (Lipinski definition) is 2. The van der Waals surface area contributed by atoms with Crippen LogP contribution in [0, 0.1) is 6.92 Å². The van der Waals surface area contributed by atoms with Crippen molar-refractivity contribution in [2.45, 2.75) is 52.2 Å². The average molecular weight is 599 g/mol. The summed E-state index contributed by atoms with van der Waals surface area (Å²) in [7, 11) is 1.36. The summed E-state index contributed by atoms with van der Waals surface area (Å²) in [5.41, 5.74) is 2.51. The Balaban J connectivity index is 1.37. The van der Waals surface area contributed by atoms with E-state index in [2.05, 4.69) is 20.6 Å². The van der Waals surface area contributed by atoms with Gasteiger partial charge in [0.15, 0.2) is 0 Å². The van der Waals surface area contributed by atoms with Crippen LogP contribution in [-0.2, 0) is 14.3 Å². The molecule has 11 heteroatoms. The normalized spacial score (nSPS) is 15.0. The van der Waals surface area contributed by atoms with E-state index < -0.39 is 5.60 Å². The number of aryl methyl sites for hydroxylation is 1. The molecule has 0 spiro atoms. The van der Waals surface area contributed by atoms with Gasteiger partial charge in [-0.05, 0) is 70.4 Å². The fourth-order valence-electron chi connectivity index (χ4n) is 5.08. The van der Waals surface area contributed by atoms with Crippen LogP contribution in [0.25, 0.3) is 22.0 Å². The molecule has 2 N–H and O–H groups in total. The van der Waals surface area contributed by atoms with Crippen LogP contribution in [0.5, 0.6) is 11.6 Å². The topological polar surface area (TPSA) is 128 Å². The lowest BCUT2D eigenvalue weighted by molar-refractivity contribution is -0.138. The number of hydrogen-bond acceptors (Lipinski definition) is 10. The standard InChI is InChI=1S/C33H38N6O5/c1-21-13-14-23-24(10-6-12-26(23)36-19-28(40)42-5)29(21)43-30-25(11-7-16-34-30)27-15-17-35-31(38-27)37-22-9-8-18-39(20-22)32(41)44-33(2,3)4/h6-7,10-17,22,36H,8-9,18-20H2,1-5H3,(H,35,37,38)/t22-/m0/s1. The third kappa shape index (κ3) is 7.34. The van der Waals surface area contributed by atoms with E-state index >= 15 is 0 Å². The van der Waals surface area contributed by atoms with E-state index in [-0.39, 0.29) is 24.6 Å². The second-order valence-electron chi connectivity index (χ2n) is 11.7. The van der Waals surface area contributed by atoms with Gasteiger partial charge in [0.25, 0.3) is 0 Å². The molecule has 1 saturated heterocycles. The molecule has 0 unspecified atom stereocenters. The molecule has 1 aliphatic heterocycles. The van der Waals surface area contributed by atoms with Gasteiger partial charge in [-0.3, -0.25) is 4.79 Å². The van der Waals surface area contributed by atoms with Crippen molar-refractivity contribution in [1.29, 1.82) is 0 Å². The van der Waals surface area contributed by atoms with Gasteiger partial charge in [0, 0.05) is 48.0 Å². The highest BCUT2D eigenvalue weighted by molar-refractivity contribution is 5.99. The van der Waals surface area contributed by atoms with E-state index in [1.165, 1.54) is 7.11 Å². The summed E-state index contributed by atoms with van der Waals surface area (Å²) in [4.78, 5) is 39.9. The summed E-state index contributed by atoms with van der Waals surface area (Å²) in [6, 6.07) is 15.3. The molecular weight excluding hydrogens is 560 g/mol. The lowest BCUT2D eigenvalue weighted by Crippen LogP contribution is -2.47. The Morgan fingerprint density at radius 1 is 1.02 bits per heavy atom. The first-order chi connectivity index (χ1) is 21.1. The predicted molar refractivity (Wildman–Crippen MR) is 169 cm³/mol. The molecule has 1 fully saturated rings. The Hall–Kier alpha value is -4.93. The van der Waals surface area contributed by atoms with Gasteiger partial charge in [-0.2, -0.15) is 0 Å². The van der Waals surface area contributed by atoms with E-state index in [1.54, 1.807) is 17.3 Å². The van der Waals surface area contributed by atoms with Crippen molar-refractivity contribution in [3.8, 4) is 22.9 Å². The van der Waals surface area contributed by atoms with E-state index in [0.29, 0.717) is 41.9 Å². The van der Waals surface area contributed by atoms with Crippen LogP contribution in [0.2, 0.25) is 0 Å². The maximum atomic E-state index is 12.6. The second kappa shape index (κ2) is 13.2. The zero-order valence-corrected chi connectivity index (χ0v) is 25.7. The number of carbonyl (C=O) groups excluding carboxylic acids is 2. The van der Waals surface area contributed by atoms with Crippen LogP contribution in [0.1, 0.15) is 39.2 Å². The Morgan fingerprint density at radius 3 is 2.66 bits per heavy atom. The molecule has 3 heterocycles. The lowest BCUT2D eigenvalue weighted by Gasteiger charge is -2.34. The number of methoxy groups -OCH3 is 1. The molecule has 0 radical (unpaired) electrons. The minimum Gasteiger partial charge on any atom is -0.468 e. The summed E-state index contributed by atoms with van der Waals surface area (Å²) in [5, 5.41) is 8.31. The van der Waals surface area contributed by atoms with Crippen LogP contribution in [-0.4, -0.2) is 70.3 Å². The van der Waals surface area contributed by atoms with Crippen molar-refractivity contribution in [2.24, 2.45) is 0 Å². The van der Waals surface area contributed by atoms with Gasteiger partial charge in [0.1, 0.15) is 17.9 Å². The van der Waals surface area contributed by atoms with Crippen molar-refractivity contribution < 1.29 is 23.8 Å². The molecule has 0 bridgehead atoms. The number of anilines is 2. The summed E-state index contributed by atoms with van der Waals surface area (Å²) in [6.07, 6.45) is 4.78. The highest BCUT2D eigenvalue weighted by Gasteiger charge is 2.28. The summed E-state index contributed by atoms with van der Waals surface area (Å²) in [6.45, 7) is 8.77. The number of carbonyl (C=O) groups is 2. The third-order valence-corrected chi connectivity index (χ3v) is 7.17. The van der Waals surface area contributed by atoms with Gasteiger partial charge in [-0.25, -0.2) is 19.7 Å². The van der Waals surface area contributed by atoms with Gasteiger partial charge >= 0.3 is 12.1 Å². The fourth-order valence-corrected chi connectivity index (χ4v) is 5.08. The maximum Gasteiger partial charge on any atom is 0.410 e. The van der Waals surface area contributed by atoms with Crippen LogP contribution in [0.3, 0.4) is 0 Å². The van der Waals surface area contributed by atoms with E-state index in [9.17, 15) is 9.59 Å². The number of aromatic nitrogens is 3. The molecule has 4 aromatic rings. The summed E-state index contributed by atoms with van der Waals surface area (Å²) < 4.78 is 16.8. The minimum absolute atomic E-state index is 0.0172. The fraction of sp³-hybridized carbons (Fsp3) is 0.364. The van der Waals surface area contributed by atoms with E-state index in [4.69, 9.17) is 19.2 Å². The number of esters is 1. The first kappa shape index (κ1) is 30.5. The highest BCUT2D eigenvalue weighted by atomic mass is 16.6. The molecular formula is C33H38N6O5. The number of fused-ring (bicyclic) bond motifs is 1. The van der Waals surface area contributed by atoms with Crippen molar-refractivity contribution >= 4 is 34.5 Å². The van der Waals surface area contributed by atoms with Gasteiger partial charge in [-0.1, -0.05) is 24.3 Å². The monoisotopic (exact) mass is 598 g/mol. The molecule has 2 aromatic carbocycles. The van der Waals surface area contributed by atoms with Crippen LogP contribution in [0.15, 0.2) is 60.9 Å². The number of benzene rings is 2. The number of piperidine rings is 1. The van der Waals surface area contributed by atoms with Crippen LogP contribution < -0.4 is 15.4 Å². The zero-order chi connectivity index (χ0) is 31.3. The zero-order valence-electron chi connectivity index (χ0n) is 25.7. The number of rotatable bonds is 8. The third-order valence-electron chi connectivity index (χ3n) is 7.17. The molecule has 11 nitrogen and oxygen atoms in total. The quantitative estimate of drug-likeness (QED) is 0.227. The Morgan fingerprint density at radius 2 is 1.86 bits per heavy atom. The molecule has 0 saturated carbocycles. The molecule has 1 amide bonds. The van der Waals surface area contributed by atoms with Gasteiger partial charge in [-0.15, -0.1) is 0 Å². The summed E-state index contributed by atoms with van der Waals surface area (Å²) in [5.74, 6) is 1.15. The Bertz CT molecular complexity index is 1650. The van der Waals surface area contributed by atoms with Gasteiger partial charge < -0.3 is 29.7 Å². The molecule has 44 heavy (non-hydrogen) atoms. The largest absolute Gasteiger partial charge is 0.468 e. The summed E-state index contributed by atoms with van der Waals surface area (Å²) >= 11 is 0. The van der Waals surface area contributed by atoms with E-state index in [0.717, 1.165) is 34.9 Å². The molecule has 1 aliphatic rings. The van der Waals surface area contributed by atoms with Crippen molar-refractivity contribution in [2.75, 3.05) is 37.4 Å². The van der Waals surface area contributed by atoms with Crippen molar-refractivity contribution in [3.63, 3.8) is 0 Å². The number of nitrogens with one attached hydrogen (secondary N) is 2. The van der Waals surface area contributed by atoms with Crippen LogP contribution >= 0.6 is 0 Å². The lowest BCUT2D eigenvalue weighted by atomic mass is 10.0. The molecule has 1 atom stereocenters. The number of likely N-dealkylation sites (tertiary alicyclic amines) is 1. The van der Waals surface area contributed by atoms with Gasteiger partial charge in [0.05, 0.1) is 18.4 Å². The van der Waals surface area contributed by atoms with Crippen molar-refractivity contribution in [3.05, 3.63) is 66.5 Å². The molecule has 2 aromatic heterocycles. The smallest absolute Gasteiger partial charge is 0.410 e. The first-order valence-corrected chi connectivity index (χ1v) is 14.6. The van der Waals surface area contributed by atoms with Crippen LogP contribution in [0.4, 0.5) is 16.4 Å². The molecule has 230 valence electrons. The number of pyridine rings is 1. The molecule has 0 aliphatic carbocycles. The predicted octanol–water partition coefficient (Wildman–Crippen LogP) is 6.19. The number of nitrogens with zero attached hydrogens (tertiary/aromatic N) is 4. The average Bonchev–Trinajstić information content (AvgIpc) is 3.01. The second-order valence-corrected chi connectivity index (χ2v) is 11.7. The minimum atomic E-state index is -0.549. The first-order valence-electron chi connectivity index (χ1n) is 14.6.